The molecule has 1 amide bonds. The second-order valence-corrected chi connectivity index (χ2v) is 6.12. The topological polar surface area (TPSA) is 38.3 Å². The number of benzene rings is 3. The van der Waals surface area contributed by atoms with Gasteiger partial charge in [0.1, 0.15) is 0 Å². The van der Waals surface area contributed by atoms with Gasteiger partial charge in [-0.3, -0.25) is 4.79 Å². The summed E-state index contributed by atoms with van der Waals surface area (Å²) in [6.07, 6.45) is 0. The van der Waals surface area contributed by atoms with Gasteiger partial charge in [0.05, 0.1) is 6.04 Å². The number of halogens is 2. The van der Waals surface area contributed by atoms with Crippen molar-refractivity contribution in [3.63, 3.8) is 0 Å². The van der Waals surface area contributed by atoms with Gasteiger partial charge in [-0.25, -0.2) is 4.39 Å². The summed E-state index contributed by atoms with van der Waals surface area (Å²) in [5.74, 6) is -0.805. The Kier molecular flexibility index (Phi) is 5.87. The minimum atomic E-state index is -0.502. The van der Waals surface area contributed by atoms with Gasteiger partial charge in [0.25, 0.3) is 5.91 Å². The lowest BCUT2D eigenvalue weighted by atomic mass is 9.99. The third-order valence-electron chi connectivity index (χ3n) is 3.84. The van der Waals surface area contributed by atoms with E-state index in [1.54, 1.807) is 24.3 Å². The molecule has 26 heavy (non-hydrogen) atoms. The predicted molar refractivity (Wildman–Crippen MR) is 99.8 cm³/mol. The Bertz CT molecular complexity index is 869. The zero-order chi connectivity index (χ0) is 18.4. The number of carbonyl (C=O) groups excluding carboxylic acids is 1. The summed E-state index contributed by atoms with van der Waals surface area (Å²) in [6, 6.07) is 22.5. The number of hydrogen-bond acceptors (Lipinski definition) is 2. The van der Waals surface area contributed by atoms with E-state index in [2.05, 4.69) is 5.32 Å². The quantitative estimate of drug-likeness (QED) is 0.680. The van der Waals surface area contributed by atoms with E-state index in [1.165, 1.54) is 12.1 Å². The molecule has 3 nitrogen and oxygen atoms in total. The molecule has 0 spiro atoms. The van der Waals surface area contributed by atoms with Crippen LogP contribution < -0.4 is 10.1 Å². The van der Waals surface area contributed by atoms with Gasteiger partial charge in [0.15, 0.2) is 18.2 Å². The lowest BCUT2D eigenvalue weighted by molar-refractivity contribution is -0.123. The van der Waals surface area contributed by atoms with Gasteiger partial charge in [-0.2, -0.15) is 0 Å². The summed E-state index contributed by atoms with van der Waals surface area (Å²) in [5, 5.41) is 3.55. The van der Waals surface area contributed by atoms with Crippen LogP contribution in [-0.2, 0) is 4.79 Å². The molecule has 0 aromatic heterocycles. The van der Waals surface area contributed by atoms with E-state index in [9.17, 15) is 9.18 Å². The molecule has 5 heteroatoms. The fourth-order valence-corrected chi connectivity index (χ4v) is 2.69. The number of nitrogens with one attached hydrogen (secondary N) is 1. The molecule has 0 saturated carbocycles. The SMILES string of the molecule is O=C(COc1ccccc1F)NC(c1ccccc1)c1ccc(Cl)cc1. The average Bonchev–Trinajstić information content (AvgIpc) is 2.67. The Hall–Kier alpha value is -2.85. The Balaban J connectivity index is 1.74. The zero-order valence-corrected chi connectivity index (χ0v) is 14.6. The lowest BCUT2D eigenvalue weighted by Gasteiger charge is -2.20. The molecule has 0 aliphatic heterocycles. The Labute approximate surface area is 156 Å². The molecule has 132 valence electrons. The Morgan fingerprint density at radius 2 is 1.54 bits per heavy atom. The first-order chi connectivity index (χ1) is 12.6. The second kappa shape index (κ2) is 8.50. The van der Waals surface area contributed by atoms with Crippen molar-refractivity contribution < 1.29 is 13.9 Å². The van der Waals surface area contributed by atoms with Crippen molar-refractivity contribution in [1.29, 1.82) is 0 Å². The van der Waals surface area contributed by atoms with Crippen LogP contribution in [-0.4, -0.2) is 12.5 Å². The maximum absolute atomic E-state index is 13.6. The highest BCUT2D eigenvalue weighted by Crippen LogP contribution is 2.23. The molecule has 0 aliphatic rings. The van der Waals surface area contributed by atoms with Crippen molar-refractivity contribution in [2.45, 2.75) is 6.04 Å². The molecule has 1 atom stereocenters. The Morgan fingerprint density at radius 1 is 0.923 bits per heavy atom. The van der Waals surface area contributed by atoms with Crippen LogP contribution in [0.3, 0.4) is 0 Å². The van der Waals surface area contributed by atoms with Gasteiger partial charge >= 0.3 is 0 Å². The summed E-state index contributed by atoms with van der Waals surface area (Å²) in [6.45, 7) is -0.280. The smallest absolute Gasteiger partial charge is 0.258 e. The van der Waals surface area contributed by atoms with E-state index in [-0.39, 0.29) is 24.3 Å². The molecule has 0 aliphatic carbocycles. The van der Waals surface area contributed by atoms with E-state index in [0.717, 1.165) is 11.1 Å². The molecule has 3 aromatic rings. The third kappa shape index (κ3) is 4.61. The summed E-state index contributed by atoms with van der Waals surface area (Å²) in [4.78, 5) is 12.4. The standard InChI is InChI=1S/C21H17ClFNO2/c22-17-12-10-16(11-13-17)21(15-6-2-1-3-7-15)24-20(25)14-26-19-9-5-4-8-18(19)23/h1-13,21H,14H2,(H,24,25). The summed E-state index contributed by atoms with van der Waals surface area (Å²) in [5.41, 5.74) is 1.81. The first-order valence-corrected chi connectivity index (χ1v) is 8.48. The fourth-order valence-electron chi connectivity index (χ4n) is 2.57. The van der Waals surface area contributed by atoms with Crippen LogP contribution in [0.5, 0.6) is 5.75 Å². The second-order valence-electron chi connectivity index (χ2n) is 5.68. The largest absolute Gasteiger partial charge is 0.481 e. The van der Waals surface area contributed by atoms with Gasteiger partial charge in [-0.1, -0.05) is 66.2 Å². The molecule has 0 heterocycles. The predicted octanol–water partition coefficient (Wildman–Crippen LogP) is 4.76. The van der Waals surface area contributed by atoms with E-state index >= 15 is 0 Å². The first-order valence-electron chi connectivity index (χ1n) is 8.10. The molecular formula is C21H17ClFNO2. The summed E-state index contributed by atoms with van der Waals surface area (Å²) >= 11 is 5.96. The Morgan fingerprint density at radius 3 is 2.23 bits per heavy atom. The van der Waals surface area contributed by atoms with Gasteiger partial charge in [-0.15, -0.1) is 0 Å². The van der Waals surface area contributed by atoms with Crippen LogP contribution in [0, 0.1) is 5.82 Å². The number of rotatable bonds is 6. The van der Waals surface area contributed by atoms with Crippen LogP contribution in [0.4, 0.5) is 4.39 Å². The number of para-hydroxylation sites is 1. The molecule has 0 radical (unpaired) electrons. The molecule has 1 N–H and O–H groups in total. The number of amides is 1. The van der Waals surface area contributed by atoms with E-state index in [1.807, 2.05) is 42.5 Å². The highest BCUT2D eigenvalue weighted by atomic mass is 35.5. The molecule has 0 saturated heterocycles. The minimum absolute atomic E-state index is 0.0467. The van der Waals surface area contributed by atoms with E-state index in [0.29, 0.717) is 5.02 Å². The first kappa shape index (κ1) is 18.0. The van der Waals surface area contributed by atoms with Gasteiger partial charge in [0.2, 0.25) is 0 Å². The molecule has 0 fully saturated rings. The van der Waals surface area contributed by atoms with Crippen molar-refractivity contribution in [1.82, 2.24) is 5.32 Å². The van der Waals surface area contributed by atoms with Crippen molar-refractivity contribution in [3.05, 3.63) is 101 Å². The van der Waals surface area contributed by atoms with Crippen LogP contribution >= 0.6 is 11.6 Å². The zero-order valence-electron chi connectivity index (χ0n) is 13.9. The van der Waals surface area contributed by atoms with Crippen molar-refractivity contribution in [2.75, 3.05) is 6.61 Å². The molecule has 0 bridgehead atoms. The number of ether oxygens (including phenoxy) is 1. The summed E-state index contributed by atoms with van der Waals surface area (Å²) in [7, 11) is 0. The molecule has 1 unspecified atom stereocenters. The van der Waals surface area contributed by atoms with Gasteiger partial charge in [-0.05, 0) is 35.4 Å². The number of hydrogen-bond donors (Lipinski definition) is 1. The molecule has 3 aromatic carbocycles. The van der Waals surface area contributed by atoms with Crippen molar-refractivity contribution in [3.8, 4) is 5.75 Å². The fraction of sp³-hybridized carbons (Fsp3) is 0.0952. The highest BCUT2D eigenvalue weighted by molar-refractivity contribution is 6.30. The van der Waals surface area contributed by atoms with Crippen LogP contribution in [0.15, 0.2) is 78.9 Å². The van der Waals surface area contributed by atoms with E-state index < -0.39 is 5.82 Å². The van der Waals surface area contributed by atoms with Crippen LogP contribution in [0.2, 0.25) is 5.02 Å². The molecular weight excluding hydrogens is 353 g/mol. The van der Waals surface area contributed by atoms with Crippen LogP contribution in [0.1, 0.15) is 17.2 Å². The number of carbonyl (C=O) groups is 1. The maximum Gasteiger partial charge on any atom is 0.258 e. The summed E-state index contributed by atoms with van der Waals surface area (Å²) < 4.78 is 18.9. The van der Waals surface area contributed by atoms with Gasteiger partial charge < -0.3 is 10.1 Å². The highest BCUT2D eigenvalue weighted by Gasteiger charge is 2.17. The monoisotopic (exact) mass is 369 g/mol. The third-order valence-corrected chi connectivity index (χ3v) is 4.09. The molecule has 3 rings (SSSR count). The average molecular weight is 370 g/mol. The van der Waals surface area contributed by atoms with Crippen molar-refractivity contribution >= 4 is 17.5 Å². The normalized spacial score (nSPS) is 11.6. The van der Waals surface area contributed by atoms with Gasteiger partial charge in [0, 0.05) is 5.02 Å². The maximum atomic E-state index is 13.6. The lowest BCUT2D eigenvalue weighted by Crippen LogP contribution is -2.33. The minimum Gasteiger partial charge on any atom is -0.481 e. The van der Waals surface area contributed by atoms with Crippen LogP contribution in [0.25, 0.3) is 0 Å². The van der Waals surface area contributed by atoms with Crippen molar-refractivity contribution in [2.24, 2.45) is 0 Å². The van der Waals surface area contributed by atoms with E-state index in [4.69, 9.17) is 16.3 Å².